The van der Waals surface area contributed by atoms with Gasteiger partial charge in [-0.15, -0.1) is 0 Å². The van der Waals surface area contributed by atoms with Crippen LogP contribution in [0, 0.1) is 0 Å². The Labute approximate surface area is 198 Å². The van der Waals surface area contributed by atoms with Crippen molar-refractivity contribution in [2.24, 2.45) is 0 Å². The lowest BCUT2D eigenvalue weighted by Gasteiger charge is -2.38. The van der Waals surface area contributed by atoms with Gasteiger partial charge in [-0.05, 0) is 59.0 Å². The molecule has 4 aromatic rings. The quantitative estimate of drug-likeness (QED) is 0.469. The maximum absolute atomic E-state index is 13.1. The standard InChI is InChI=1S/C25H20F2N6O2/c26-25(27)13-33(14-25)23(35)16-1-2-17-11-32(12-18(17)9-16)24-29-8-6-21(31-24)30-19-3-4-20-15(10-19)5-7-28-22(20)34/h1-10H,11-14H2,(H,28,34)(H,29,30,31). The molecule has 2 N–H and O–H groups in total. The Morgan fingerprint density at radius 3 is 2.69 bits per heavy atom. The van der Waals surface area contributed by atoms with Crippen LogP contribution in [0.2, 0.25) is 0 Å². The van der Waals surface area contributed by atoms with Gasteiger partial charge in [0.15, 0.2) is 0 Å². The highest BCUT2D eigenvalue weighted by atomic mass is 19.3. The molecule has 4 heterocycles. The van der Waals surface area contributed by atoms with E-state index in [2.05, 4.69) is 20.3 Å². The Balaban J connectivity index is 1.18. The van der Waals surface area contributed by atoms with Crippen molar-refractivity contribution < 1.29 is 13.6 Å². The van der Waals surface area contributed by atoms with E-state index in [1.807, 2.05) is 29.2 Å². The van der Waals surface area contributed by atoms with Crippen molar-refractivity contribution in [3.63, 3.8) is 0 Å². The molecule has 2 aromatic carbocycles. The molecule has 0 bridgehead atoms. The van der Waals surface area contributed by atoms with E-state index in [9.17, 15) is 18.4 Å². The fraction of sp³-hybridized carbons (Fsp3) is 0.200. The number of nitrogens with zero attached hydrogens (tertiary/aromatic N) is 4. The average molecular weight is 474 g/mol. The molecule has 1 fully saturated rings. The molecule has 1 amide bonds. The van der Waals surface area contributed by atoms with E-state index < -0.39 is 19.0 Å². The molecular formula is C25H20F2N6O2. The van der Waals surface area contributed by atoms with Gasteiger partial charge in [0.05, 0.1) is 13.1 Å². The van der Waals surface area contributed by atoms with Gasteiger partial charge in [0.25, 0.3) is 17.4 Å². The van der Waals surface area contributed by atoms with Crippen molar-refractivity contribution in [3.05, 3.63) is 88.0 Å². The van der Waals surface area contributed by atoms with Gasteiger partial charge in [-0.2, -0.15) is 4.98 Å². The van der Waals surface area contributed by atoms with Crippen LogP contribution in [0.4, 0.5) is 26.2 Å². The first-order valence-corrected chi connectivity index (χ1v) is 11.1. The van der Waals surface area contributed by atoms with E-state index in [0.29, 0.717) is 35.8 Å². The number of fused-ring (bicyclic) bond motifs is 2. The highest BCUT2D eigenvalue weighted by Gasteiger charge is 2.46. The number of aromatic nitrogens is 3. The fourth-order valence-electron chi connectivity index (χ4n) is 4.50. The SMILES string of the molecule is O=C(c1ccc2c(c1)CN(c1nccc(Nc3ccc4c(=O)[nH]ccc4c3)n1)C2)N1CC(F)(F)C1. The Morgan fingerprint density at radius 1 is 1.03 bits per heavy atom. The minimum atomic E-state index is -2.79. The number of aromatic amines is 1. The lowest BCUT2D eigenvalue weighted by molar-refractivity contribution is -0.113. The zero-order valence-electron chi connectivity index (χ0n) is 18.5. The third-order valence-electron chi connectivity index (χ3n) is 6.28. The summed E-state index contributed by atoms with van der Waals surface area (Å²) < 4.78 is 26.3. The smallest absolute Gasteiger partial charge is 0.282 e. The third-order valence-corrected chi connectivity index (χ3v) is 6.28. The van der Waals surface area contributed by atoms with Crippen molar-refractivity contribution >= 4 is 34.1 Å². The summed E-state index contributed by atoms with van der Waals surface area (Å²) in [5.74, 6) is -2.04. The number of amides is 1. The van der Waals surface area contributed by atoms with E-state index in [1.54, 1.807) is 36.7 Å². The van der Waals surface area contributed by atoms with Crippen molar-refractivity contribution in [1.82, 2.24) is 19.9 Å². The number of pyridine rings is 1. The Kier molecular flexibility index (Phi) is 4.77. The lowest BCUT2D eigenvalue weighted by atomic mass is 10.0. The normalized spacial score (nSPS) is 16.2. The van der Waals surface area contributed by atoms with Crippen LogP contribution >= 0.6 is 0 Å². The molecule has 0 unspecified atom stereocenters. The summed E-state index contributed by atoms with van der Waals surface area (Å²) >= 11 is 0. The molecule has 10 heteroatoms. The Morgan fingerprint density at radius 2 is 1.86 bits per heavy atom. The van der Waals surface area contributed by atoms with Gasteiger partial charge >= 0.3 is 0 Å². The molecule has 0 spiro atoms. The van der Waals surface area contributed by atoms with Crippen LogP contribution in [-0.4, -0.2) is 44.8 Å². The number of benzene rings is 2. The molecule has 0 aliphatic carbocycles. The second kappa shape index (κ2) is 7.86. The molecule has 0 radical (unpaired) electrons. The highest BCUT2D eigenvalue weighted by Crippen LogP contribution is 2.31. The molecule has 176 valence electrons. The summed E-state index contributed by atoms with van der Waals surface area (Å²) in [6, 6.07) is 14.4. The summed E-state index contributed by atoms with van der Waals surface area (Å²) in [5, 5.41) is 4.68. The van der Waals surface area contributed by atoms with Gasteiger partial charge in [0.1, 0.15) is 5.82 Å². The molecule has 0 atom stereocenters. The van der Waals surface area contributed by atoms with Crippen LogP contribution in [0.1, 0.15) is 21.5 Å². The maximum Gasteiger partial charge on any atom is 0.282 e. The van der Waals surface area contributed by atoms with Crippen LogP contribution in [0.3, 0.4) is 0 Å². The molecule has 0 saturated carbocycles. The second-order valence-corrected chi connectivity index (χ2v) is 8.83. The van der Waals surface area contributed by atoms with E-state index in [4.69, 9.17) is 0 Å². The van der Waals surface area contributed by atoms with Crippen molar-refractivity contribution in [2.45, 2.75) is 19.0 Å². The van der Waals surface area contributed by atoms with E-state index in [0.717, 1.165) is 27.1 Å². The van der Waals surface area contributed by atoms with Crippen LogP contribution in [0.25, 0.3) is 10.8 Å². The molecule has 35 heavy (non-hydrogen) atoms. The number of hydrogen-bond acceptors (Lipinski definition) is 6. The Bertz CT molecular complexity index is 1530. The number of alkyl halides is 2. The molecule has 2 aliphatic rings. The lowest BCUT2D eigenvalue weighted by Crippen LogP contribution is -2.58. The number of carbonyl (C=O) groups is 1. The number of hydrogen-bond donors (Lipinski definition) is 2. The number of anilines is 3. The fourth-order valence-corrected chi connectivity index (χ4v) is 4.50. The topological polar surface area (TPSA) is 94.2 Å². The van der Waals surface area contributed by atoms with Crippen LogP contribution in [0.5, 0.6) is 0 Å². The summed E-state index contributed by atoms with van der Waals surface area (Å²) in [5.41, 5.74) is 3.05. The minimum absolute atomic E-state index is 0.139. The van der Waals surface area contributed by atoms with Gasteiger partial charge in [-0.25, -0.2) is 13.8 Å². The number of H-pyrrole nitrogens is 1. The highest BCUT2D eigenvalue weighted by molar-refractivity contribution is 5.95. The summed E-state index contributed by atoms with van der Waals surface area (Å²) in [6.07, 6.45) is 3.28. The number of nitrogens with one attached hydrogen (secondary N) is 2. The van der Waals surface area contributed by atoms with Gasteiger partial charge in [0, 0.05) is 42.1 Å². The van der Waals surface area contributed by atoms with Gasteiger partial charge in [-0.3, -0.25) is 9.59 Å². The predicted octanol–water partition coefficient (Wildman–Crippen LogP) is 3.67. The van der Waals surface area contributed by atoms with Gasteiger partial charge < -0.3 is 20.1 Å². The summed E-state index contributed by atoms with van der Waals surface area (Å²) in [4.78, 5) is 39.3. The minimum Gasteiger partial charge on any atom is -0.340 e. The van der Waals surface area contributed by atoms with E-state index in [1.165, 1.54) is 0 Å². The molecule has 6 rings (SSSR count). The molecule has 2 aromatic heterocycles. The van der Waals surface area contributed by atoms with Crippen molar-refractivity contribution in [3.8, 4) is 0 Å². The van der Waals surface area contributed by atoms with Gasteiger partial charge in [0.2, 0.25) is 5.95 Å². The van der Waals surface area contributed by atoms with Crippen molar-refractivity contribution in [1.29, 1.82) is 0 Å². The molecule has 8 nitrogen and oxygen atoms in total. The zero-order chi connectivity index (χ0) is 24.2. The monoisotopic (exact) mass is 474 g/mol. The number of halogens is 2. The van der Waals surface area contributed by atoms with E-state index >= 15 is 0 Å². The zero-order valence-corrected chi connectivity index (χ0v) is 18.5. The van der Waals surface area contributed by atoms with Crippen LogP contribution < -0.4 is 15.8 Å². The molecule has 1 saturated heterocycles. The summed E-state index contributed by atoms with van der Waals surface area (Å²) in [7, 11) is 0. The molecule has 2 aliphatic heterocycles. The first-order chi connectivity index (χ1) is 16.8. The van der Waals surface area contributed by atoms with Gasteiger partial charge in [-0.1, -0.05) is 6.07 Å². The Hall–Kier alpha value is -4.34. The van der Waals surface area contributed by atoms with Crippen LogP contribution in [-0.2, 0) is 13.1 Å². The first-order valence-electron chi connectivity index (χ1n) is 11.1. The van der Waals surface area contributed by atoms with Crippen LogP contribution in [0.15, 0.2) is 65.7 Å². The third kappa shape index (κ3) is 3.96. The largest absolute Gasteiger partial charge is 0.340 e. The van der Waals surface area contributed by atoms with E-state index in [-0.39, 0.29) is 11.5 Å². The van der Waals surface area contributed by atoms with Crippen molar-refractivity contribution in [2.75, 3.05) is 23.3 Å². The number of carbonyl (C=O) groups excluding carboxylic acids is 1. The number of likely N-dealkylation sites (tertiary alicyclic amines) is 1. The first kappa shape index (κ1) is 21.2. The number of rotatable bonds is 4. The second-order valence-electron chi connectivity index (χ2n) is 8.83. The summed E-state index contributed by atoms with van der Waals surface area (Å²) in [6.45, 7) is 0.0232. The predicted molar refractivity (Wildman–Crippen MR) is 127 cm³/mol. The average Bonchev–Trinajstić information content (AvgIpc) is 3.26. The maximum atomic E-state index is 13.1. The molecular weight excluding hydrogens is 454 g/mol.